The van der Waals surface area contributed by atoms with Gasteiger partial charge in [-0.1, -0.05) is 137 Å². The maximum Gasteiger partial charge on any atom is 0.326 e. The Hall–Kier alpha value is -14.5. The highest BCUT2D eigenvalue weighted by Crippen LogP contribution is 2.19. The number of carboxylic acids is 7. The summed E-state index contributed by atoms with van der Waals surface area (Å²) in [7, 11) is 0. The van der Waals surface area contributed by atoms with Crippen LogP contribution >= 0.6 is 0 Å². The van der Waals surface area contributed by atoms with Crippen molar-refractivity contribution in [1.29, 1.82) is 0 Å². The first kappa shape index (κ1) is 108. The number of phenolic OH excluding ortho intramolecular Hbond substituents is 1. The zero-order chi connectivity index (χ0) is 97.0. The fourth-order valence-corrected chi connectivity index (χ4v) is 13.0. The third kappa shape index (κ3) is 39.6. The highest BCUT2D eigenvalue weighted by atomic mass is 16.4. The van der Waals surface area contributed by atoms with Gasteiger partial charge in [0.05, 0.1) is 25.3 Å². The van der Waals surface area contributed by atoms with Crippen LogP contribution in [0.2, 0.25) is 0 Å². The number of carbonyl (C=O) groups excluding carboxylic acids is 14. The first-order chi connectivity index (χ1) is 61.4. The highest BCUT2D eigenvalue weighted by molar-refractivity contribution is 6.02. The number of rotatable bonds is 60. The van der Waals surface area contributed by atoms with Crippen molar-refractivity contribution in [2.24, 2.45) is 29.0 Å². The maximum atomic E-state index is 14.9. The zero-order valence-electron chi connectivity index (χ0n) is 71.7. The number of aromatic hydroxyl groups is 1. The van der Waals surface area contributed by atoms with E-state index in [2.05, 4.69) is 58.5 Å². The van der Waals surface area contributed by atoms with Crippen LogP contribution in [0.5, 0.6) is 5.75 Å². The van der Waals surface area contributed by atoms with Crippen molar-refractivity contribution in [2.45, 2.75) is 234 Å². The molecule has 0 aliphatic rings. The van der Waals surface area contributed by atoms with Crippen molar-refractivity contribution in [3.63, 3.8) is 0 Å². The van der Waals surface area contributed by atoms with Gasteiger partial charge in [0, 0.05) is 44.9 Å². The van der Waals surface area contributed by atoms with Gasteiger partial charge in [-0.3, -0.25) is 95.9 Å². The van der Waals surface area contributed by atoms with Crippen molar-refractivity contribution >= 4 is 124 Å². The second-order valence-corrected chi connectivity index (χ2v) is 31.0. The predicted molar refractivity (Wildman–Crippen MR) is 456 cm³/mol. The molecular weight excluding hydrogens is 1710 g/mol. The topological polar surface area (TPSA) is 755 Å². The molecule has 0 saturated carbocycles. The zero-order valence-corrected chi connectivity index (χ0v) is 71.7. The Morgan fingerprint density at radius 2 is 0.577 bits per heavy atom. The summed E-state index contributed by atoms with van der Waals surface area (Å²) in [5, 5.41) is 108. The van der Waals surface area contributed by atoms with E-state index in [1.54, 1.807) is 98.0 Å². The predicted octanol–water partition coefficient (Wildman–Crippen LogP) is -3.51. The van der Waals surface area contributed by atoms with E-state index in [4.69, 9.17) is 22.3 Å². The summed E-state index contributed by atoms with van der Waals surface area (Å²) >= 11 is 0. The lowest BCUT2D eigenvalue weighted by Crippen LogP contribution is -2.62. The number of phenols is 1. The van der Waals surface area contributed by atoms with Gasteiger partial charge in [-0.05, 0) is 104 Å². The van der Waals surface area contributed by atoms with Crippen LogP contribution in [0.25, 0.3) is 0 Å². The molecule has 0 radical (unpaired) electrons. The molecule has 0 aliphatic carbocycles. The summed E-state index contributed by atoms with van der Waals surface area (Å²) in [6.45, 7) is 6.21. The quantitative estimate of drug-likeness (QED) is 0.0191. The second kappa shape index (κ2) is 55.2. The molecule has 0 aromatic heterocycles. The molecule has 0 unspecified atom stereocenters. The van der Waals surface area contributed by atoms with Crippen LogP contribution < -0.4 is 86.3 Å². The minimum absolute atomic E-state index is 0.0227. The van der Waals surface area contributed by atoms with Gasteiger partial charge in [0.2, 0.25) is 82.7 Å². The molecule has 15 atom stereocenters. The number of primary amides is 1. The van der Waals surface area contributed by atoms with Crippen molar-refractivity contribution in [3.05, 3.63) is 138 Å². The Bertz CT molecular complexity index is 4610. The molecule has 45 nitrogen and oxygen atoms in total. The van der Waals surface area contributed by atoms with Crippen LogP contribution in [0, 0.1) is 11.8 Å². The van der Waals surface area contributed by atoms with Gasteiger partial charge in [-0.25, -0.2) is 4.79 Å². The van der Waals surface area contributed by atoms with Gasteiger partial charge in [0.1, 0.15) is 84.3 Å². The lowest BCUT2D eigenvalue weighted by molar-refractivity contribution is -0.148. The molecular formula is C85H114N16O29. The molecule has 0 heterocycles. The average molecular weight is 1820 g/mol. The standard InChI is InChI=1S/C85H114N16O29/c1-5-45(4)71(101-82(126)59(40-49-24-26-50(102)27-25-49)94-72(116)51(87)37-46-17-9-6-10-18-46)84(128)98-57(38-47-19-11-7-12-20-47)78(122)93-56(31-35-66(108)109)77(121)100-70(44(2)3)83(127)97-58(39-48-21-13-8-14-22-48)79(123)96-60(41-67(110)111)80(124)92-53(28-32-63(88)103)74(118)89-52(23-15-16-36-86)73(117)90-54(29-33-64(104)105)75(119)91-55(30-34-65(106)107)76(120)95-61(42-68(112)113)81(125)99-62(85(129)130)43-69(114)115/h6-14,17-22,24-27,44-45,51-62,70-71,102H,5,15-16,23,28-43,86-87H2,1-4H3,(H2,88,103)(H,89,118)(H,90,117)(H,91,119)(H,92,124)(H,93,122)(H,94,116)(H,95,120)(H,96,123)(H,97,127)(H,98,128)(H,99,125)(H,100,121)(H,101,126)(H,104,105)(H,106,107)(H,108,109)(H,110,111)(H,112,113)(H,114,115)(H,129,130)/t45-,51-,52-,53-,54-,55-,56-,57-,58-,59-,60-,61-,62-,70-,71-/m0/s1. The number of amides is 14. The lowest BCUT2D eigenvalue weighted by atomic mass is 9.96. The minimum atomic E-state index is -2.24. The summed E-state index contributed by atoms with van der Waals surface area (Å²) < 4.78 is 0. The Morgan fingerprint density at radius 3 is 0.915 bits per heavy atom. The fourth-order valence-electron chi connectivity index (χ4n) is 13.0. The van der Waals surface area contributed by atoms with E-state index in [0.29, 0.717) is 16.7 Å². The van der Waals surface area contributed by atoms with Crippen LogP contribution in [-0.4, -0.2) is 256 Å². The summed E-state index contributed by atoms with van der Waals surface area (Å²) in [6.07, 6.45) is -11.2. The fraction of sp³-hybridized carbons (Fsp3) is 0.471. The van der Waals surface area contributed by atoms with Crippen molar-refractivity contribution in [3.8, 4) is 5.75 Å². The van der Waals surface area contributed by atoms with Crippen LogP contribution in [0.15, 0.2) is 115 Å². The van der Waals surface area contributed by atoms with Crippen molar-refractivity contribution in [2.75, 3.05) is 6.54 Å². The minimum Gasteiger partial charge on any atom is -0.508 e. The molecule has 0 aliphatic heterocycles. The van der Waals surface area contributed by atoms with Crippen LogP contribution in [0.3, 0.4) is 0 Å². The Kier molecular flexibility index (Phi) is 45.7. The third-order valence-corrected chi connectivity index (χ3v) is 20.3. The SMILES string of the molecule is CC[C@H](C)[C@H](NC(=O)[C@H](Cc1ccc(O)cc1)NC(=O)[C@@H](N)Cc1ccccc1)C(=O)N[C@@H](Cc1ccccc1)C(=O)N[C@@H](CCC(=O)O)C(=O)N[C@H](C(=O)N[C@@H](Cc1ccccc1)C(=O)N[C@@H](CC(=O)O)C(=O)N[C@@H](CCC(N)=O)C(=O)N[C@@H](CCCCN)C(=O)N[C@@H](CCC(=O)O)C(=O)N[C@@H](CCC(=O)O)C(=O)N[C@@H](CC(=O)O)C(=O)N[C@@H](CC(=O)O)C(=O)O)C(C)C. The lowest BCUT2D eigenvalue weighted by Gasteiger charge is -2.30. The van der Waals surface area contributed by atoms with Gasteiger partial charge in [-0.2, -0.15) is 0 Å². The van der Waals surface area contributed by atoms with E-state index in [1.807, 2.05) is 5.32 Å². The smallest absolute Gasteiger partial charge is 0.326 e. The molecule has 130 heavy (non-hydrogen) atoms. The Labute approximate surface area is 745 Å². The van der Waals surface area contributed by atoms with Crippen molar-refractivity contribution < 1.29 is 142 Å². The third-order valence-electron chi connectivity index (χ3n) is 20.3. The second-order valence-electron chi connectivity index (χ2n) is 31.0. The normalized spacial score (nSPS) is 14.5. The molecule has 4 aromatic rings. The monoisotopic (exact) mass is 1820 g/mol. The number of unbranched alkanes of at least 4 members (excludes halogenated alkanes) is 1. The van der Waals surface area contributed by atoms with Crippen LogP contribution in [0.1, 0.15) is 146 Å². The maximum absolute atomic E-state index is 14.9. The number of benzene rings is 4. The number of carbonyl (C=O) groups is 21. The summed E-state index contributed by atoms with van der Waals surface area (Å²) in [5.74, 6) is -30.4. The van der Waals surface area contributed by atoms with E-state index in [1.165, 1.54) is 50.2 Å². The van der Waals surface area contributed by atoms with E-state index in [-0.39, 0.29) is 50.8 Å². The molecule has 0 spiro atoms. The van der Waals surface area contributed by atoms with E-state index in [9.17, 15) is 136 Å². The van der Waals surface area contributed by atoms with Crippen molar-refractivity contribution in [1.82, 2.24) is 69.1 Å². The number of aliphatic carboxylic acids is 7. The number of carboxylic acid groups (broad SMARTS) is 7. The van der Waals surface area contributed by atoms with Gasteiger partial charge >= 0.3 is 41.8 Å². The molecule has 45 heteroatoms. The Morgan fingerprint density at radius 1 is 0.300 bits per heavy atom. The van der Waals surface area contributed by atoms with Gasteiger partial charge in [0.15, 0.2) is 0 Å². The molecule has 14 amide bonds. The summed E-state index contributed by atoms with van der Waals surface area (Å²) in [6, 6.07) is 4.91. The molecule has 4 rings (SSSR count). The molecule has 708 valence electrons. The van der Waals surface area contributed by atoms with E-state index in [0.717, 1.165) is 5.56 Å². The van der Waals surface area contributed by atoms with Crippen LogP contribution in [0.4, 0.5) is 0 Å². The molecule has 27 N–H and O–H groups in total. The Balaban J connectivity index is 1.67. The van der Waals surface area contributed by atoms with Gasteiger partial charge < -0.3 is 127 Å². The molecule has 4 aromatic carbocycles. The number of nitrogens with one attached hydrogen (secondary N) is 13. The van der Waals surface area contributed by atoms with Crippen LogP contribution in [-0.2, 0) is 126 Å². The van der Waals surface area contributed by atoms with Gasteiger partial charge in [0.25, 0.3) is 0 Å². The van der Waals surface area contributed by atoms with Gasteiger partial charge in [-0.15, -0.1) is 0 Å². The molecule has 0 bridgehead atoms. The molecule has 0 fully saturated rings. The number of hydrogen-bond acceptors (Lipinski definition) is 24. The first-order valence-electron chi connectivity index (χ1n) is 41.5. The average Bonchev–Trinajstić information content (AvgIpc) is 0.826. The number of hydrogen-bond donors (Lipinski definition) is 24. The highest BCUT2D eigenvalue weighted by Gasteiger charge is 2.41. The summed E-state index contributed by atoms with van der Waals surface area (Å²) in [4.78, 5) is 283. The summed E-state index contributed by atoms with van der Waals surface area (Å²) in [5.41, 5.74) is 19.5. The number of nitrogens with two attached hydrogens (primary N) is 3. The van der Waals surface area contributed by atoms with E-state index >= 15 is 0 Å². The largest absolute Gasteiger partial charge is 0.508 e. The molecule has 0 saturated heterocycles. The first-order valence-corrected chi connectivity index (χ1v) is 41.5. The van der Waals surface area contributed by atoms with E-state index < -0.39 is 304 Å².